The molecule has 1 fully saturated rings. The number of nitrogens with one attached hydrogen (secondary N) is 1. The number of hydrogen-bond donors (Lipinski definition) is 1. The van der Waals surface area contributed by atoms with Crippen molar-refractivity contribution in [1.82, 2.24) is 0 Å². The van der Waals surface area contributed by atoms with Crippen molar-refractivity contribution >= 4 is 38.3 Å². The number of carbonyl (C=O) groups excluding carboxylic acids is 1. The van der Waals surface area contributed by atoms with Gasteiger partial charge in [0.25, 0.3) is 5.91 Å². The summed E-state index contributed by atoms with van der Waals surface area (Å²) in [6, 6.07) is 14.9. The van der Waals surface area contributed by atoms with Crippen LogP contribution < -0.4 is 15.2 Å². The van der Waals surface area contributed by atoms with Gasteiger partial charge in [0.15, 0.2) is 0 Å². The average Bonchev–Trinajstić information content (AvgIpc) is 3.00. The zero-order valence-corrected chi connectivity index (χ0v) is 15.0. The lowest BCUT2D eigenvalue weighted by molar-refractivity contribution is 0.102. The Balaban J connectivity index is 1.63. The standard InChI is InChI=1S/C19H16N2O5S/c22-18(16-11-13-5-1-2-8-17(13)26-19(16)23)20-14-6-3-7-15(12-14)21-9-4-10-27(21,24)25/h1-3,5-8,11-12H,4,9-10H2,(H,20,22). The van der Waals surface area contributed by atoms with Crippen LogP contribution in [0.1, 0.15) is 16.8 Å². The number of hydrogen-bond acceptors (Lipinski definition) is 5. The molecular formula is C19H16N2O5S. The quantitative estimate of drug-likeness (QED) is 0.700. The Labute approximate surface area is 155 Å². The summed E-state index contributed by atoms with van der Waals surface area (Å²) in [6.07, 6.45) is 0.567. The van der Waals surface area contributed by atoms with Crippen molar-refractivity contribution < 1.29 is 17.6 Å². The predicted molar refractivity (Wildman–Crippen MR) is 103 cm³/mol. The van der Waals surface area contributed by atoms with Crippen LogP contribution in [0.3, 0.4) is 0 Å². The summed E-state index contributed by atoms with van der Waals surface area (Å²) in [7, 11) is -3.31. The van der Waals surface area contributed by atoms with E-state index in [9.17, 15) is 18.0 Å². The summed E-state index contributed by atoms with van der Waals surface area (Å²) < 4.78 is 30.6. The van der Waals surface area contributed by atoms with E-state index in [1.54, 1.807) is 48.5 Å². The maximum Gasteiger partial charge on any atom is 0.349 e. The van der Waals surface area contributed by atoms with Crippen LogP contribution in [0.25, 0.3) is 11.0 Å². The number of benzene rings is 2. The molecule has 8 heteroatoms. The van der Waals surface area contributed by atoms with Crippen LogP contribution in [0.4, 0.5) is 11.4 Å². The van der Waals surface area contributed by atoms with Gasteiger partial charge in [0.05, 0.1) is 11.4 Å². The molecule has 0 atom stereocenters. The Kier molecular flexibility index (Phi) is 4.19. The minimum atomic E-state index is -3.31. The van der Waals surface area contributed by atoms with Gasteiger partial charge in [-0.2, -0.15) is 0 Å². The fourth-order valence-corrected chi connectivity index (χ4v) is 4.64. The first-order valence-corrected chi connectivity index (χ1v) is 10.00. The molecule has 4 rings (SSSR count). The van der Waals surface area contributed by atoms with Crippen molar-refractivity contribution in [2.24, 2.45) is 0 Å². The minimum Gasteiger partial charge on any atom is -0.422 e. The summed E-state index contributed by atoms with van der Waals surface area (Å²) in [5, 5.41) is 3.27. The van der Waals surface area contributed by atoms with Crippen molar-refractivity contribution in [3.05, 3.63) is 70.6 Å². The van der Waals surface area contributed by atoms with E-state index in [1.807, 2.05) is 0 Å². The second-order valence-electron chi connectivity index (χ2n) is 6.23. The van der Waals surface area contributed by atoms with Crippen molar-refractivity contribution in [2.45, 2.75) is 6.42 Å². The molecule has 2 heterocycles. The maximum atomic E-state index is 12.5. The molecule has 0 spiro atoms. The molecule has 2 aromatic carbocycles. The van der Waals surface area contributed by atoms with E-state index in [-0.39, 0.29) is 11.3 Å². The zero-order valence-electron chi connectivity index (χ0n) is 14.2. The molecule has 0 unspecified atom stereocenters. The zero-order chi connectivity index (χ0) is 19.0. The maximum absolute atomic E-state index is 12.5. The predicted octanol–water partition coefficient (Wildman–Crippen LogP) is 2.59. The highest BCUT2D eigenvalue weighted by Crippen LogP contribution is 2.26. The second-order valence-corrected chi connectivity index (χ2v) is 8.24. The van der Waals surface area contributed by atoms with Gasteiger partial charge in [-0.15, -0.1) is 0 Å². The van der Waals surface area contributed by atoms with Gasteiger partial charge < -0.3 is 9.73 Å². The van der Waals surface area contributed by atoms with E-state index in [2.05, 4.69) is 5.32 Å². The van der Waals surface area contributed by atoms with Gasteiger partial charge in [-0.05, 0) is 36.8 Å². The summed E-state index contributed by atoms with van der Waals surface area (Å²) in [5.74, 6) is -0.502. The van der Waals surface area contributed by atoms with Crippen molar-refractivity contribution in [1.29, 1.82) is 0 Å². The molecule has 0 radical (unpaired) electrons. The number of rotatable bonds is 3. The van der Waals surface area contributed by atoms with E-state index in [0.717, 1.165) is 0 Å². The van der Waals surface area contributed by atoms with E-state index in [0.29, 0.717) is 35.3 Å². The number of carbonyl (C=O) groups is 1. The molecule has 1 aromatic heterocycles. The molecule has 3 aromatic rings. The molecule has 0 aliphatic carbocycles. The monoisotopic (exact) mass is 384 g/mol. The molecular weight excluding hydrogens is 368 g/mol. The van der Waals surface area contributed by atoms with E-state index in [4.69, 9.17) is 4.42 Å². The van der Waals surface area contributed by atoms with Crippen molar-refractivity contribution in [3.8, 4) is 0 Å². The number of amides is 1. The topological polar surface area (TPSA) is 96.7 Å². The van der Waals surface area contributed by atoms with Gasteiger partial charge in [0.2, 0.25) is 10.0 Å². The highest BCUT2D eigenvalue weighted by molar-refractivity contribution is 7.93. The lowest BCUT2D eigenvalue weighted by atomic mass is 10.1. The highest BCUT2D eigenvalue weighted by Gasteiger charge is 2.28. The van der Waals surface area contributed by atoms with E-state index in [1.165, 1.54) is 10.4 Å². The highest BCUT2D eigenvalue weighted by atomic mass is 32.2. The molecule has 1 aliphatic heterocycles. The SMILES string of the molecule is O=C(Nc1cccc(N2CCCS2(=O)=O)c1)c1cc2ccccc2oc1=O. The fourth-order valence-electron chi connectivity index (χ4n) is 3.09. The summed E-state index contributed by atoms with van der Waals surface area (Å²) in [5.41, 5.74) is 0.431. The molecule has 7 nitrogen and oxygen atoms in total. The normalized spacial score (nSPS) is 15.8. The van der Waals surface area contributed by atoms with E-state index < -0.39 is 21.6 Å². The first kappa shape index (κ1) is 17.3. The van der Waals surface area contributed by atoms with Crippen molar-refractivity contribution in [2.75, 3.05) is 21.9 Å². The number of nitrogens with zero attached hydrogens (tertiary/aromatic N) is 1. The van der Waals surface area contributed by atoms with Crippen LogP contribution in [-0.4, -0.2) is 26.6 Å². The van der Waals surface area contributed by atoms with Crippen LogP contribution in [0, 0.1) is 0 Å². The smallest absolute Gasteiger partial charge is 0.349 e. The van der Waals surface area contributed by atoms with Gasteiger partial charge >= 0.3 is 5.63 Å². The van der Waals surface area contributed by atoms with Gasteiger partial charge in [0.1, 0.15) is 11.1 Å². The number of fused-ring (bicyclic) bond motifs is 1. The second kappa shape index (κ2) is 6.55. The van der Waals surface area contributed by atoms with Crippen LogP contribution >= 0.6 is 0 Å². The Morgan fingerprint density at radius 2 is 1.89 bits per heavy atom. The van der Waals surface area contributed by atoms with Crippen LogP contribution in [-0.2, 0) is 10.0 Å². The average molecular weight is 384 g/mol. The Hall–Kier alpha value is -3.13. The van der Waals surface area contributed by atoms with Gasteiger partial charge in [-0.25, -0.2) is 13.2 Å². The fraction of sp³-hybridized carbons (Fsp3) is 0.158. The molecule has 0 saturated carbocycles. The van der Waals surface area contributed by atoms with Gasteiger partial charge in [0, 0.05) is 17.6 Å². The van der Waals surface area contributed by atoms with Gasteiger partial charge in [-0.1, -0.05) is 24.3 Å². The number of anilines is 2. The Morgan fingerprint density at radius 1 is 1.07 bits per heavy atom. The molecule has 1 amide bonds. The Morgan fingerprint density at radius 3 is 2.67 bits per heavy atom. The van der Waals surface area contributed by atoms with E-state index >= 15 is 0 Å². The number of para-hydroxylation sites is 1. The first-order chi connectivity index (χ1) is 12.9. The lowest BCUT2D eigenvalue weighted by Crippen LogP contribution is -2.25. The van der Waals surface area contributed by atoms with Crippen molar-refractivity contribution in [3.63, 3.8) is 0 Å². The molecule has 1 saturated heterocycles. The third kappa shape index (κ3) is 3.31. The summed E-state index contributed by atoms with van der Waals surface area (Å²) in [6.45, 7) is 0.411. The summed E-state index contributed by atoms with van der Waals surface area (Å²) >= 11 is 0. The molecule has 1 aliphatic rings. The third-order valence-corrected chi connectivity index (χ3v) is 6.25. The lowest BCUT2D eigenvalue weighted by Gasteiger charge is -2.17. The van der Waals surface area contributed by atoms with Crippen LogP contribution in [0.5, 0.6) is 0 Å². The van der Waals surface area contributed by atoms with Crippen LogP contribution in [0.2, 0.25) is 0 Å². The first-order valence-electron chi connectivity index (χ1n) is 8.39. The Bertz CT molecular complexity index is 1200. The molecule has 0 bridgehead atoms. The molecule has 27 heavy (non-hydrogen) atoms. The third-order valence-electron chi connectivity index (χ3n) is 4.38. The minimum absolute atomic E-state index is 0.113. The van der Waals surface area contributed by atoms with Gasteiger partial charge in [-0.3, -0.25) is 9.10 Å². The largest absolute Gasteiger partial charge is 0.422 e. The molecule has 138 valence electrons. The molecule has 1 N–H and O–H groups in total. The summed E-state index contributed by atoms with van der Waals surface area (Å²) in [4.78, 5) is 24.6. The number of sulfonamides is 1. The van der Waals surface area contributed by atoms with Crippen LogP contribution in [0.15, 0.2) is 63.8 Å².